The molecule has 136 valence electrons. The van der Waals surface area contributed by atoms with Gasteiger partial charge in [0.05, 0.1) is 0 Å². The number of nitrogens with zero attached hydrogens (tertiary/aromatic N) is 5. The summed E-state index contributed by atoms with van der Waals surface area (Å²) in [5.74, 6) is 4.54. The van der Waals surface area contributed by atoms with Crippen molar-refractivity contribution >= 4 is 41.7 Å². The number of thioether (sulfide) groups is 1. The molecule has 2 rings (SSSR count). The second-order valence-electron chi connectivity index (χ2n) is 6.13. The second kappa shape index (κ2) is 10.3. The van der Waals surface area contributed by atoms with Crippen molar-refractivity contribution in [1.82, 2.24) is 25.0 Å². The fourth-order valence-electron chi connectivity index (χ4n) is 2.44. The van der Waals surface area contributed by atoms with Gasteiger partial charge in [-0.25, -0.2) is 4.99 Å². The summed E-state index contributed by atoms with van der Waals surface area (Å²) in [5.41, 5.74) is 0. The third kappa shape index (κ3) is 5.65. The summed E-state index contributed by atoms with van der Waals surface area (Å²) in [7, 11) is 1.98. The highest BCUT2D eigenvalue weighted by Crippen LogP contribution is 2.24. The molecular weight excluding hydrogens is 435 g/mol. The molecule has 8 heteroatoms. The quantitative estimate of drug-likeness (QED) is 0.314. The molecule has 2 heterocycles. The van der Waals surface area contributed by atoms with E-state index in [1.807, 2.05) is 24.6 Å². The molecule has 1 aromatic heterocycles. The minimum absolute atomic E-state index is 0. The summed E-state index contributed by atoms with van der Waals surface area (Å²) in [6.07, 6.45) is 1.86. The van der Waals surface area contributed by atoms with Crippen LogP contribution in [-0.2, 0) is 13.6 Å². The van der Waals surface area contributed by atoms with Gasteiger partial charge in [-0.3, -0.25) is 0 Å². The summed E-state index contributed by atoms with van der Waals surface area (Å²) in [4.78, 5) is 7.13. The molecule has 1 fully saturated rings. The molecular formula is C16H29IN6S. The molecule has 0 bridgehead atoms. The lowest BCUT2D eigenvalue weighted by Crippen LogP contribution is -2.49. The summed E-state index contributed by atoms with van der Waals surface area (Å²) in [6, 6.07) is 0. The van der Waals surface area contributed by atoms with Crippen LogP contribution in [0.5, 0.6) is 0 Å². The lowest BCUT2D eigenvalue weighted by Gasteiger charge is -2.36. The van der Waals surface area contributed by atoms with Crippen molar-refractivity contribution in [1.29, 1.82) is 0 Å². The van der Waals surface area contributed by atoms with Gasteiger partial charge in [-0.15, -0.1) is 40.8 Å². The van der Waals surface area contributed by atoms with Gasteiger partial charge in [0.2, 0.25) is 0 Å². The van der Waals surface area contributed by atoms with E-state index < -0.39 is 0 Å². The van der Waals surface area contributed by atoms with Crippen LogP contribution in [0.1, 0.15) is 25.5 Å². The van der Waals surface area contributed by atoms with Gasteiger partial charge in [0, 0.05) is 37.7 Å². The Morgan fingerprint density at radius 3 is 2.83 bits per heavy atom. The topological polar surface area (TPSA) is 58.3 Å². The number of aromatic nitrogens is 3. The van der Waals surface area contributed by atoms with E-state index >= 15 is 0 Å². The van der Waals surface area contributed by atoms with Crippen LogP contribution in [0, 0.1) is 12.8 Å². The molecule has 1 unspecified atom stereocenters. The number of aliphatic imine (C=N–C) groups is 1. The van der Waals surface area contributed by atoms with Crippen molar-refractivity contribution in [2.24, 2.45) is 18.0 Å². The van der Waals surface area contributed by atoms with E-state index in [-0.39, 0.29) is 24.0 Å². The molecule has 0 amide bonds. The van der Waals surface area contributed by atoms with Gasteiger partial charge in [-0.05, 0) is 12.8 Å². The van der Waals surface area contributed by atoms with Crippen LogP contribution >= 0.6 is 35.7 Å². The molecule has 1 N–H and O–H groups in total. The highest BCUT2D eigenvalue weighted by Gasteiger charge is 2.25. The molecule has 0 aliphatic carbocycles. The van der Waals surface area contributed by atoms with Crippen molar-refractivity contribution in [3.63, 3.8) is 0 Å². The lowest BCUT2D eigenvalue weighted by molar-refractivity contribution is 0.381. The van der Waals surface area contributed by atoms with Gasteiger partial charge in [0.15, 0.2) is 11.8 Å². The Morgan fingerprint density at radius 2 is 2.25 bits per heavy atom. The molecule has 1 saturated heterocycles. The Hall–Kier alpha value is -0.770. The van der Waals surface area contributed by atoms with Crippen molar-refractivity contribution in [2.75, 3.05) is 25.4 Å². The summed E-state index contributed by atoms with van der Waals surface area (Å²) in [5, 5.41) is 12.3. The van der Waals surface area contributed by atoms with Gasteiger partial charge < -0.3 is 14.8 Å². The smallest absolute Gasteiger partial charge is 0.194 e. The Bertz CT molecular complexity index is 557. The first-order chi connectivity index (χ1) is 11.0. The Kier molecular flexibility index (Phi) is 9.11. The summed E-state index contributed by atoms with van der Waals surface area (Å²) in [6.45, 7) is 13.6. The zero-order chi connectivity index (χ0) is 16.8. The maximum atomic E-state index is 4.77. The monoisotopic (exact) mass is 464 g/mol. The number of hydrogen-bond acceptors (Lipinski definition) is 4. The second-order valence-corrected chi connectivity index (χ2v) is 7.48. The zero-order valence-electron chi connectivity index (χ0n) is 15.0. The minimum Gasteiger partial charge on any atom is -0.353 e. The first kappa shape index (κ1) is 21.3. The van der Waals surface area contributed by atoms with Crippen LogP contribution < -0.4 is 5.32 Å². The first-order valence-electron chi connectivity index (χ1n) is 8.13. The Labute approximate surface area is 166 Å². The van der Waals surface area contributed by atoms with Gasteiger partial charge in [-0.2, -0.15) is 11.8 Å². The van der Waals surface area contributed by atoms with Crippen molar-refractivity contribution in [2.45, 2.75) is 32.6 Å². The van der Waals surface area contributed by atoms with Crippen molar-refractivity contribution in [3.8, 4) is 0 Å². The number of aryl methyl sites for hydroxylation is 1. The number of halogens is 1. The maximum absolute atomic E-state index is 4.77. The van der Waals surface area contributed by atoms with E-state index in [0.717, 1.165) is 36.5 Å². The number of hydrogen-bond donors (Lipinski definition) is 1. The Morgan fingerprint density at radius 1 is 1.50 bits per heavy atom. The highest BCUT2D eigenvalue weighted by atomic mass is 127. The van der Waals surface area contributed by atoms with Crippen LogP contribution in [0.2, 0.25) is 0 Å². The lowest BCUT2D eigenvalue weighted by atomic mass is 10.1. The summed E-state index contributed by atoms with van der Waals surface area (Å²) >= 11 is 2.07. The fraction of sp³-hybridized carbons (Fsp3) is 0.688. The van der Waals surface area contributed by atoms with Crippen LogP contribution in [0.4, 0.5) is 0 Å². The average Bonchev–Trinajstić information content (AvgIpc) is 2.87. The van der Waals surface area contributed by atoms with Crippen molar-refractivity contribution in [3.05, 3.63) is 24.3 Å². The van der Waals surface area contributed by atoms with Gasteiger partial charge >= 0.3 is 0 Å². The van der Waals surface area contributed by atoms with Gasteiger partial charge in [-0.1, -0.05) is 19.9 Å². The average molecular weight is 464 g/mol. The maximum Gasteiger partial charge on any atom is 0.194 e. The molecule has 6 nitrogen and oxygen atoms in total. The van der Waals surface area contributed by atoms with Crippen LogP contribution in [0.3, 0.4) is 0 Å². The SMILES string of the molecule is C=CCNC(=NCc1nnc(C)n1C)N1CCSC(C(C)C)C1.I. The molecule has 1 aromatic rings. The van der Waals surface area contributed by atoms with Crippen LogP contribution in [-0.4, -0.2) is 56.3 Å². The third-order valence-corrected chi connectivity index (χ3v) is 5.63. The van der Waals surface area contributed by atoms with Crippen molar-refractivity contribution < 1.29 is 0 Å². The molecule has 1 atom stereocenters. The molecule has 24 heavy (non-hydrogen) atoms. The fourth-order valence-corrected chi connectivity index (χ4v) is 3.74. The predicted molar refractivity (Wildman–Crippen MR) is 113 cm³/mol. The van der Waals surface area contributed by atoms with E-state index in [2.05, 4.69) is 52.6 Å². The van der Waals surface area contributed by atoms with E-state index in [0.29, 0.717) is 24.3 Å². The normalized spacial score (nSPS) is 18.5. The standard InChI is InChI=1S/C16H28N6S.HI/c1-6-7-17-16(18-10-15-20-19-13(4)21(15)5)22-8-9-23-14(11-22)12(2)3;/h6,12,14H,1,7-11H2,2-5H3,(H,17,18);1H. The largest absolute Gasteiger partial charge is 0.353 e. The van der Waals surface area contributed by atoms with E-state index in [1.165, 1.54) is 0 Å². The highest BCUT2D eigenvalue weighted by molar-refractivity contribution is 14.0. The predicted octanol–water partition coefficient (Wildman–Crippen LogP) is 2.45. The number of nitrogens with one attached hydrogen (secondary N) is 1. The molecule has 1 aliphatic heterocycles. The van der Waals surface area contributed by atoms with Gasteiger partial charge in [0.25, 0.3) is 0 Å². The number of rotatable bonds is 5. The zero-order valence-corrected chi connectivity index (χ0v) is 18.2. The number of guanidine groups is 1. The minimum atomic E-state index is 0. The van der Waals surface area contributed by atoms with E-state index in [4.69, 9.17) is 4.99 Å². The van der Waals surface area contributed by atoms with Crippen LogP contribution in [0.25, 0.3) is 0 Å². The summed E-state index contributed by atoms with van der Waals surface area (Å²) < 4.78 is 1.98. The van der Waals surface area contributed by atoms with E-state index in [1.54, 1.807) is 0 Å². The van der Waals surface area contributed by atoms with E-state index in [9.17, 15) is 0 Å². The Balaban J connectivity index is 0.00000288. The van der Waals surface area contributed by atoms with Gasteiger partial charge in [0.1, 0.15) is 12.4 Å². The molecule has 0 aromatic carbocycles. The molecule has 0 radical (unpaired) electrons. The molecule has 1 aliphatic rings. The van der Waals surface area contributed by atoms with Crippen LogP contribution in [0.15, 0.2) is 17.6 Å². The third-order valence-electron chi connectivity index (χ3n) is 4.09. The molecule has 0 spiro atoms. The first-order valence-corrected chi connectivity index (χ1v) is 9.18. The molecule has 0 saturated carbocycles.